The Morgan fingerprint density at radius 2 is 2.00 bits per heavy atom. The molecule has 0 unspecified atom stereocenters. The molecule has 0 aliphatic rings. The van der Waals surface area contributed by atoms with Crippen molar-refractivity contribution >= 4 is 5.78 Å². The quantitative estimate of drug-likeness (QED) is 0.702. The summed E-state index contributed by atoms with van der Waals surface area (Å²) >= 11 is 0. The van der Waals surface area contributed by atoms with Gasteiger partial charge in [-0.15, -0.1) is 0 Å². The Bertz CT molecular complexity index is 394. The van der Waals surface area contributed by atoms with Gasteiger partial charge in [-0.05, 0) is 49.4 Å². The summed E-state index contributed by atoms with van der Waals surface area (Å²) in [7, 11) is 1.70. The lowest BCUT2D eigenvalue weighted by Gasteiger charge is -2.12. The Kier molecular flexibility index (Phi) is 5.36. The molecule has 0 spiro atoms. The molecule has 0 aromatic heterocycles. The molecular formula is C15H22O2. The molecule has 1 aromatic rings. The second-order valence-corrected chi connectivity index (χ2v) is 4.53. The SMILES string of the molecule is CCCCc1cc(COC)c(C)cc1C(C)=O. The van der Waals surface area contributed by atoms with Crippen LogP contribution in [0.1, 0.15) is 53.7 Å². The van der Waals surface area contributed by atoms with Gasteiger partial charge in [-0.25, -0.2) is 0 Å². The van der Waals surface area contributed by atoms with Crippen LogP contribution in [0.5, 0.6) is 0 Å². The maximum absolute atomic E-state index is 11.6. The Hall–Kier alpha value is -1.15. The molecule has 0 heterocycles. The van der Waals surface area contributed by atoms with Crippen LogP contribution in [0.15, 0.2) is 12.1 Å². The van der Waals surface area contributed by atoms with Crippen LogP contribution < -0.4 is 0 Å². The summed E-state index contributed by atoms with van der Waals surface area (Å²) in [4.78, 5) is 11.6. The molecule has 2 heteroatoms. The van der Waals surface area contributed by atoms with E-state index in [2.05, 4.69) is 13.0 Å². The van der Waals surface area contributed by atoms with Crippen LogP contribution in [-0.4, -0.2) is 12.9 Å². The normalized spacial score (nSPS) is 10.6. The molecule has 0 aliphatic heterocycles. The van der Waals surface area contributed by atoms with Crippen LogP contribution in [0.3, 0.4) is 0 Å². The number of hydrogen-bond acceptors (Lipinski definition) is 2. The molecule has 1 rings (SSSR count). The van der Waals surface area contributed by atoms with Gasteiger partial charge in [0, 0.05) is 12.7 Å². The number of unbranched alkanes of at least 4 members (excludes halogenated alkanes) is 1. The fourth-order valence-electron chi connectivity index (χ4n) is 2.02. The van der Waals surface area contributed by atoms with Crippen molar-refractivity contribution in [3.8, 4) is 0 Å². The van der Waals surface area contributed by atoms with Gasteiger partial charge in [0.15, 0.2) is 5.78 Å². The van der Waals surface area contributed by atoms with Crippen molar-refractivity contribution in [1.82, 2.24) is 0 Å². The van der Waals surface area contributed by atoms with Gasteiger partial charge < -0.3 is 4.74 Å². The van der Waals surface area contributed by atoms with E-state index < -0.39 is 0 Å². The van der Waals surface area contributed by atoms with Gasteiger partial charge in [-0.3, -0.25) is 4.79 Å². The third-order valence-electron chi connectivity index (χ3n) is 3.04. The van der Waals surface area contributed by atoms with Gasteiger partial charge in [-0.2, -0.15) is 0 Å². The highest BCUT2D eigenvalue weighted by atomic mass is 16.5. The largest absolute Gasteiger partial charge is 0.380 e. The lowest BCUT2D eigenvalue weighted by molar-refractivity contribution is 0.101. The number of rotatable bonds is 6. The molecule has 17 heavy (non-hydrogen) atoms. The summed E-state index contributed by atoms with van der Waals surface area (Å²) in [6.07, 6.45) is 3.24. The third kappa shape index (κ3) is 3.67. The number of methoxy groups -OCH3 is 1. The summed E-state index contributed by atoms with van der Waals surface area (Å²) in [5.41, 5.74) is 4.36. The molecule has 0 amide bonds. The summed E-state index contributed by atoms with van der Waals surface area (Å²) in [5, 5.41) is 0. The number of aryl methyl sites for hydroxylation is 2. The van der Waals surface area contributed by atoms with E-state index >= 15 is 0 Å². The van der Waals surface area contributed by atoms with E-state index in [4.69, 9.17) is 4.74 Å². The molecule has 0 bridgehead atoms. The van der Waals surface area contributed by atoms with E-state index in [1.165, 1.54) is 5.56 Å². The van der Waals surface area contributed by atoms with Gasteiger partial charge in [-0.1, -0.05) is 19.4 Å². The number of carbonyl (C=O) groups excluding carboxylic acids is 1. The van der Waals surface area contributed by atoms with Crippen molar-refractivity contribution in [1.29, 1.82) is 0 Å². The summed E-state index contributed by atoms with van der Waals surface area (Å²) in [5.74, 6) is 0.156. The lowest BCUT2D eigenvalue weighted by Crippen LogP contribution is -2.04. The fourth-order valence-corrected chi connectivity index (χ4v) is 2.02. The van der Waals surface area contributed by atoms with Crippen molar-refractivity contribution in [3.63, 3.8) is 0 Å². The first kappa shape index (κ1) is 13.9. The van der Waals surface area contributed by atoms with Crippen molar-refractivity contribution in [2.45, 2.75) is 46.6 Å². The van der Waals surface area contributed by atoms with Crippen LogP contribution in [0, 0.1) is 6.92 Å². The zero-order valence-electron chi connectivity index (χ0n) is 11.3. The number of ether oxygens (including phenoxy) is 1. The molecule has 0 N–H and O–H groups in total. The van der Waals surface area contributed by atoms with Crippen molar-refractivity contribution in [3.05, 3.63) is 34.4 Å². The average Bonchev–Trinajstić information content (AvgIpc) is 2.29. The van der Waals surface area contributed by atoms with Gasteiger partial charge in [0.25, 0.3) is 0 Å². The second-order valence-electron chi connectivity index (χ2n) is 4.53. The van der Waals surface area contributed by atoms with E-state index in [0.29, 0.717) is 6.61 Å². The third-order valence-corrected chi connectivity index (χ3v) is 3.04. The Morgan fingerprint density at radius 3 is 2.53 bits per heavy atom. The minimum absolute atomic E-state index is 0.156. The number of Topliss-reactive ketones (excluding diaryl/α,β-unsaturated/α-hetero) is 1. The molecule has 0 radical (unpaired) electrons. The second kappa shape index (κ2) is 6.55. The fraction of sp³-hybridized carbons (Fsp3) is 0.533. The smallest absolute Gasteiger partial charge is 0.160 e. The molecular weight excluding hydrogens is 212 g/mol. The molecule has 1 aromatic carbocycles. The lowest BCUT2D eigenvalue weighted by atomic mass is 9.94. The van der Waals surface area contributed by atoms with E-state index in [0.717, 1.165) is 36.0 Å². The van der Waals surface area contributed by atoms with Crippen LogP contribution in [0.2, 0.25) is 0 Å². The van der Waals surface area contributed by atoms with Crippen molar-refractivity contribution in [2.75, 3.05) is 7.11 Å². The molecule has 0 saturated heterocycles. The molecule has 0 atom stereocenters. The van der Waals surface area contributed by atoms with Crippen LogP contribution in [0.4, 0.5) is 0 Å². The number of benzene rings is 1. The predicted molar refractivity (Wildman–Crippen MR) is 70.5 cm³/mol. The molecule has 0 saturated carbocycles. The van der Waals surface area contributed by atoms with E-state index in [1.54, 1.807) is 14.0 Å². The van der Waals surface area contributed by atoms with Crippen molar-refractivity contribution in [2.24, 2.45) is 0 Å². The molecule has 2 nitrogen and oxygen atoms in total. The summed E-state index contributed by atoms with van der Waals surface area (Å²) in [6, 6.07) is 4.13. The average molecular weight is 234 g/mol. The maximum atomic E-state index is 11.6. The monoisotopic (exact) mass is 234 g/mol. The van der Waals surface area contributed by atoms with E-state index in [9.17, 15) is 4.79 Å². The predicted octanol–water partition coefficient (Wildman–Crippen LogP) is 3.69. The Balaban J connectivity index is 3.11. The van der Waals surface area contributed by atoms with E-state index in [-0.39, 0.29) is 5.78 Å². The number of hydrogen-bond donors (Lipinski definition) is 0. The topological polar surface area (TPSA) is 26.3 Å². The standard InChI is InChI=1S/C15H22O2/c1-5-6-7-13-9-14(10-17-4)11(2)8-15(13)12(3)16/h8-9H,5-7,10H2,1-4H3. The summed E-state index contributed by atoms with van der Waals surface area (Å²) < 4.78 is 5.18. The zero-order chi connectivity index (χ0) is 12.8. The molecule has 0 aliphatic carbocycles. The first-order valence-corrected chi connectivity index (χ1v) is 6.22. The number of ketones is 1. The van der Waals surface area contributed by atoms with Crippen LogP contribution in [0.25, 0.3) is 0 Å². The van der Waals surface area contributed by atoms with Gasteiger partial charge in [0.2, 0.25) is 0 Å². The summed E-state index contributed by atoms with van der Waals surface area (Å²) in [6.45, 7) is 6.45. The minimum Gasteiger partial charge on any atom is -0.380 e. The number of carbonyl (C=O) groups is 1. The first-order chi connectivity index (χ1) is 8.10. The van der Waals surface area contributed by atoms with E-state index in [1.807, 2.05) is 13.0 Å². The first-order valence-electron chi connectivity index (χ1n) is 6.22. The van der Waals surface area contributed by atoms with Gasteiger partial charge in [0.1, 0.15) is 0 Å². The van der Waals surface area contributed by atoms with Gasteiger partial charge in [0.05, 0.1) is 6.61 Å². The van der Waals surface area contributed by atoms with Gasteiger partial charge >= 0.3 is 0 Å². The zero-order valence-corrected chi connectivity index (χ0v) is 11.3. The highest BCUT2D eigenvalue weighted by Gasteiger charge is 2.10. The minimum atomic E-state index is 0.156. The highest BCUT2D eigenvalue weighted by Crippen LogP contribution is 2.20. The Morgan fingerprint density at radius 1 is 1.29 bits per heavy atom. The van der Waals surface area contributed by atoms with Crippen LogP contribution in [-0.2, 0) is 17.8 Å². The van der Waals surface area contributed by atoms with Crippen molar-refractivity contribution < 1.29 is 9.53 Å². The molecule has 0 fully saturated rings. The highest BCUT2D eigenvalue weighted by molar-refractivity contribution is 5.95. The molecule has 94 valence electrons. The Labute approximate surface area is 104 Å². The maximum Gasteiger partial charge on any atom is 0.160 e. The van der Waals surface area contributed by atoms with Crippen LogP contribution >= 0.6 is 0 Å².